The summed E-state index contributed by atoms with van der Waals surface area (Å²) in [5, 5.41) is 0. The Morgan fingerprint density at radius 1 is 1.18 bits per heavy atom. The zero-order valence-electron chi connectivity index (χ0n) is 7.34. The van der Waals surface area contributed by atoms with Crippen molar-refractivity contribution < 1.29 is 0 Å². The van der Waals surface area contributed by atoms with Crippen molar-refractivity contribution in [3.8, 4) is 0 Å². The zero-order valence-corrected chi connectivity index (χ0v) is 7.34. The Kier molecular flexibility index (Phi) is 3.83. The van der Waals surface area contributed by atoms with Gasteiger partial charge in [-0.2, -0.15) is 0 Å². The van der Waals surface area contributed by atoms with Gasteiger partial charge in [0.15, 0.2) is 0 Å². The molecular weight excluding hydrogens is 138 g/mol. The van der Waals surface area contributed by atoms with E-state index in [1.54, 1.807) is 0 Å². The molecule has 1 fully saturated rings. The summed E-state index contributed by atoms with van der Waals surface area (Å²) in [4.78, 5) is 4.81. The Morgan fingerprint density at radius 3 is 2.36 bits per heavy atom. The molecule has 1 aliphatic heterocycles. The van der Waals surface area contributed by atoms with E-state index in [-0.39, 0.29) is 0 Å². The summed E-state index contributed by atoms with van der Waals surface area (Å²) in [6.45, 7) is 6.46. The Morgan fingerprint density at radius 2 is 1.82 bits per heavy atom. The average Bonchev–Trinajstić information content (AvgIpc) is 2.04. The van der Waals surface area contributed by atoms with Crippen LogP contribution in [-0.2, 0) is 0 Å². The lowest BCUT2D eigenvalue weighted by Gasteiger charge is -2.32. The molecule has 65 valence electrons. The molecule has 1 rings (SSSR count). The van der Waals surface area contributed by atoms with E-state index < -0.39 is 0 Å². The first-order valence-corrected chi connectivity index (χ1v) is 4.38. The second-order valence-corrected chi connectivity index (χ2v) is 3.25. The predicted molar refractivity (Wildman–Crippen MR) is 46.5 cm³/mol. The van der Waals surface area contributed by atoms with Crippen molar-refractivity contribution in [3.63, 3.8) is 0 Å². The molecule has 0 amide bonds. The van der Waals surface area contributed by atoms with E-state index in [1.807, 2.05) is 0 Å². The first-order chi connectivity index (χ1) is 5.33. The largest absolute Gasteiger partial charge is 0.304 e. The maximum Gasteiger partial charge on any atom is 0.0112 e. The summed E-state index contributed by atoms with van der Waals surface area (Å²) in [6, 6.07) is 0. The SMILES string of the molecule is CN1CCN(CCC[NH])CC1. The highest BCUT2D eigenvalue weighted by molar-refractivity contribution is 4.68. The first kappa shape index (κ1) is 8.97. The van der Waals surface area contributed by atoms with Gasteiger partial charge in [0.05, 0.1) is 0 Å². The van der Waals surface area contributed by atoms with Crippen LogP contribution in [0.5, 0.6) is 0 Å². The van der Waals surface area contributed by atoms with Gasteiger partial charge in [-0.25, -0.2) is 0 Å². The van der Waals surface area contributed by atoms with Crippen LogP contribution in [-0.4, -0.2) is 56.1 Å². The summed E-state index contributed by atoms with van der Waals surface area (Å²) < 4.78 is 0. The van der Waals surface area contributed by atoms with Gasteiger partial charge in [0, 0.05) is 32.7 Å². The molecule has 0 atom stereocenters. The molecule has 0 aromatic rings. The van der Waals surface area contributed by atoms with E-state index in [0.717, 1.165) is 13.0 Å². The van der Waals surface area contributed by atoms with Crippen LogP contribution in [0.4, 0.5) is 0 Å². The molecule has 11 heavy (non-hydrogen) atoms. The average molecular weight is 156 g/mol. The van der Waals surface area contributed by atoms with Crippen LogP contribution in [0.3, 0.4) is 0 Å². The zero-order chi connectivity index (χ0) is 8.10. The van der Waals surface area contributed by atoms with Crippen LogP contribution < -0.4 is 5.73 Å². The third kappa shape index (κ3) is 3.18. The summed E-state index contributed by atoms with van der Waals surface area (Å²) in [5.41, 5.74) is 7.02. The molecule has 1 heterocycles. The van der Waals surface area contributed by atoms with Gasteiger partial charge in [0.25, 0.3) is 0 Å². The molecule has 0 saturated carbocycles. The number of nitrogens with one attached hydrogen (secondary N) is 1. The second-order valence-electron chi connectivity index (χ2n) is 3.25. The molecule has 0 aliphatic carbocycles. The van der Waals surface area contributed by atoms with Crippen molar-refractivity contribution >= 4 is 0 Å². The first-order valence-electron chi connectivity index (χ1n) is 4.38. The molecule has 1 aliphatic rings. The number of rotatable bonds is 3. The highest BCUT2D eigenvalue weighted by Gasteiger charge is 2.11. The molecule has 3 nitrogen and oxygen atoms in total. The van der Waals surface area contributed by atoms with Crippen LogP contribution in [0.25, 0.3) is 0 Å². The fraction of sp³-hybridized carbons (Fsp3) is 1.00. The Labute approximate surface area is 69.1 Å². The smallest absolute Gasteiger partial charge is 0.0112 e. The van der Waals surface area contributed by atoms with Crippen molar-refractivity contribution in [2.24, 2.45) is 0 Å². The van der Waals surface area contributed by atoms with Gasteiger partial charge in [-0.05, 0) is 20.0 Å². The monoisotopic (exact) mass is 156 g/mol. The molecule has 0 aromatic carbocycles. The van der Waals surface area contributed by atoms with Crippen molar-refractivity contribution in [1.82, 2.24) is 15.5 Å². The standard InChI is InChI=1S/C8H18N3/c1-10-5-7-11(8-6-10)4-2-3-9/h9H,2-8H2,1H3. The van der Waals surface area contributed by atoms with E-state index in [2.05, 4.69) is 16.8 Å². The minimum atomic E-state index is 0.576. The number of hydrogen-bond acceptors (Lipinski definition) is 2. The van der Waals surface area contributed by atoms with Crippen molar-refractivity contribution in [2.75, 3.05) is 46.3 Å². The Balaban J connectivity index is 2.07. The molecule has 1 N–H and O–H groups in total. The maximum atomic E-state index is 7.02. The summed E-state index contributed by atoms with van der Waals surface area (Å²) in [6.07, 6.45) is 1.03. The van der Waals surface area contributed by atoms with E-state index in [0.29, 0.717) is 6.54 Å². The van der Waals surface area contributed by atoms with Crippen LogP contribution in [0.15, 0.2) is 0 Å². The molecule has 1 radical (unpaired) electrons. The third-order valence-electron chi connectivity index (χ3n) is 2.25. The minimum absolute atomic E-state index is 0.576. The number of nitrogens with zero attached hydrogens (tertiary/aromatic N) is 2. The Bertz CT molecular complexity index is 94.8. The van der Waals surface area contributed by atoms with Crippen LogP contribution in [0.1, 0.15) is 6.42 Å². The topological polar surface area (TPSA) is 30.3 Å². The van der Waals surface area contributed by atoms with Crippen LogP contribution >= 0.6 is 0 Å². The molecule has 3 heteroatoms. The van der Waals surface area contributed by atoms with Crippen molar-refractivity contribution in [1.29, 1.82) is 0 Å². The third-order valence-corrected chi connectivity index (χ3v) is 2.25. The second kappa shape index (κ2) is 4.70. The van der Waals surface area contributed by atoms with E-state index in [1.165, 1.54) is 26.2 Å². The lowest BCUT2D eigenvalue weighted by atomic mass is 10.3. The Hall–Kier alpha value is -0.120. The number of piperazine rings is 1. The highest BCUT2D eigenvalue weighted by atomic mass is 15.2. The summed E-state index contributed by atoms with van der Waals surface area (Å²) >= 11 is 0. The van der Waals surface area contributed by atoms with Gasteiger partial charge in [0.2, 0.25) is 0 Å². The van der Waals surface area contributed by atoms with Gasteiger partial charge in [-0.3, -0.25) is 5.73 Å². The maximum absolute atomic E-state index is 7.02. The fourth-order valence-corrected chi connectivity index (χ4v) is 1.37. The van der Waals surface area contributed by atoms with Gasteiger partial charge in [-0.1, -0.05) is 0 Å². The lowest BCUT2D eigenvalue weighted by Crippen LogP contribution is -2.44. The predicted octanol–water partition coefficient (Wildman–Crippen LogP) is -0.0932. The van der Waals surface area contributed by atoms with Gasteiger partial charge in [-0.15, -0.1) is 0 Å². The molecular formula is C8H18N3. The minimum Gasteiger partial charge on any atom is -0.304 e. The molecule has 0 spiro atoms. The number of hydrogen-bond donors (Lipinski definition) is 0. The van der Waals surface area contributed by atoms with Crippen molar-refractivity contribution in [2.45, 2.75) is 6.42 Å². The molecule has 1 saturated heterocycles. The fourth-order valence-electron chi connectivity index (χ4n) is 1.37. The van der Waals surface area contributed by atoms with E-state index in [4.69, 9.17) is 5.73 Å². The lowest BCUT2D eigenvalue weighted by molar-refractivity contribution is 0.153. The van der Waals surface area contributed by atoms with Gasteiger partial charge in [0.1, 0.15) is 0 Å². The highest BCUT2D eigenvalue weighted by Crippen LogP contribution is 1.98. The quantitative estimate of drug-likeness (QED) is 0.571. The summed E-state index contributed by atoms with van der Waals surface area (Å²) in [5.74, 6) is 0. The molecule has 0 aromatic heterocycles. The summed E-state index contributed by atoms with van der Waals surface area (Å²) in [7, 11) is 2.17. The van der Waals surface area contributed by atoms with Gasteiger partial charge < -0.3 is 9.80 Å². The molecule has 0 bridgehead atoms. The van der Waals surface area contributed by atoms with E-state index >= 15 is 0 Å². The van der Waals surface area contributed by atoms with E-state index in [9.17, 15) is 0 Å². The van der Waals surface area contributed by atoms with Crippen LogP contribution in [0.2, 0.25) is 0 Å². The molecule has 0 unspecified atom stereocenters. The van der Waals surface area contributed by atoms with Gasteiger partial charge >= 0.3 is 0 Å². The van der Waals surface area contributed by atoms with Crippen molar-refractivity contribution in [3.05, 3.63) is 0 Å². The normalized spacial score (nSPS) is 22.4. The number of likely N-dealkylation sites (N-methyl/N-ethyl adjacent to an activating group) is 1. The van der Waals surface area contributed by atoms with Crippen LogP contribution in [0, 0.1) is 0 Å².